The van der Waals surface area contributed by atoms with E-state index in [4.69, 9.17) is 0 Å². The summed E-state index contributed by atoms with van der Waals surface area (Å²) in [5, 5.41) is 3.35. The van der Waals surface area contributed by atoms with Crippen molar-refractivity contribution in [2.45, 2.75) is 33.1 Å². The van der Waals surface area contributed by atoms with Crippen molar-refractivity contribution in [1.82, 2.24) is 15.1 Å². The Balaban J connectivity index is 1.60. The zero-order valence-electron chi connectivity index (χ0n) is 13.2. The summed E-state index contributed by atoms with van der Waals surface area (Å²) in [6.07, 6.45) is 3.05. The summed E-state index contributed by atoms with van der Waals surface area (Å²) in [6.45, 7) is 8.85. The maximum Gasteiger partial charge on any atom is 0.230 e. The van der Waals surface area contributed by atoms with Gasteiger partial charge >= 0.3 is 0 Å². The molecule has 3 rings (SSSR count). The monoisotopic (exact) mass is 293 g/mol. The fraction of sp³-hybridized carbons (Fsp3) is 0.875. The lowest BCUT2D eigenvalue weighted by Crippen LogP contribution is -2.56. The SMILES string of the molecule is CC(C)C1(C(=O)N2CCN(C(=O)C3CC3)CC2)CCNC1. The van der Waals surface area contributed by atoms with Crippen molar-refractivity contribution in [2.24, 2.45) is 17.3 Å². The summed E-state index contributed by atoms with van der Waals surface area (Å²) in [7, 11) is 0. The van der Waals surface area contributed by atoms with Crippen LogP contribution in [0, 0.1) is 17.3 Å². The van der Waals surface area contributed by atoms with Gasteiger partial charge in [-0.2, -0.15) is 0 Å². The van der Waals surface area contributed by atoms with Crippen LogP contribution in [-0.4, -0.2) is 60.9 Å². The van der Waals surface area contributed by atoms with E-state index in [1.165, 1.54) is 0 Å². The number of amides is 2. The Bertz CT molecular complexity index is 417. The summed E-state index contributed by atoms with van der Waals surface area (Å²) in [4.78, 5) is 29.0. The number of nitrogens with one attached hydrogen (secondary N) is 1. The molecule has 3 aliphatic rings. The highest BCUT2D eigenvalue weighted by Crippen LogP contribution is 2.37. The third-order valence-electron chi connectivity index (χ3n) is 5.52. The highest BCUT2D eigenvalue weighted by atomic mass is 16.2. The molecule has 1 saturated carbocycles. The molecular formula is C16H27N3O2. The van der Waals surface area contributed by atoms with Crippen LogP contribution in [0.4, 0.5) is 0 Å². The molecule has 0 spiro atoms. The van der Waals surface area contributed by atoms with Crippen LogP contribution in [0.25, 0.3) is 0 Å². The Morgan fingerprint density at radius 1 is 1.10 bits per heavy atom. The van der Waals surface area contributed by atoms with Gasteiger partial charge in [0.25, 0.3) is 0 Å². The first-order chi connectivity index (χ1) is 10.0. The molecule has 2 heterocycles. The van der Waals surface area contributed by atoms with Gasteiger partial charge in [-0.1, -0.05) is 13.8 Å². The van der Waals surface area contributed by atoms with Crippen LogP contribution in [0.2, 0.25) is 0 Å². The molecule has 1 atom stereocenters. The molecule has 118 valence electrons. The van der Waals surface area contributed by atoms with Crippen molar-refractivity contribution in [3.8, 4) is 0 Å². The summed E-state index contributed by atoms with van der Waals surface area (Å²) >= 11 is 0. The summed E-state index contributed by atoms with van der Waals surface area (Å²) in [5.74, 6) is 1.24. The molecule has 3 fully saturated rings. The van der Waals surface area contributed by atoms with Crippen molar-refractivity contribution >= 4 is 11.8 Å². The third kappa shape index (κ3) is 2.68. The molecule has 0 aromatic carbocycles. The van der Waals surface area contributed by atoms with Gasteiger partial charge in [-0.25, -0.2) is 0 Å². The molecule has 1 unspecified atom stereocenters. The quantitative estimate of drug-likeness (QED) is 0.833. The largest absolute Gasteiger partial charge is 0.339 e. The van der Waals surface area contributed by atoms with E-state index in [1.807, 2.05) is 9.80 Å². The zero-order chi connectivity index (χ0) is 15.0. The summed E-state index contributed by atoms with van der Waals surface area (Å²) in [5.41, 5.74) is -0.233. The van der Waals surface area contributed by atoms with Gasteiger partial charge in [-0.15, -0.1) is 0 Å². The van der Waals surface area contributed by atoms with Gasteiger partial charge in [-0.3, -0.25) is 9.59 Å². The lowest BCUT2D eigenvalue weighted by molar-refractivity contribution is -0.148. The average Bonchev–Trinajstić information content (AvgIpc) is 3.22. The molecule has 0 aromatic heterocycles. The fourth-order valence-electron chi connectivity index (χ4n) is 3.67. The van der Waals surface area contributed by atoms with Gasteiger partial charge in [0.2, 0.25) is 11.8 Å². The molecule has 1 N–H and O–H groups in total. The van der Waals surface area contributed by atoms with Crippen LogP contribution >= 0.6 is 0 Å². The predicted octanol–water partition coefficient (Wildman–Crippen LogP) is 0.703. The molecule has 21 heavy (non-hydrogen) atoms. The van der Waals surface area contributed by atoms with Gasteiger partial charge in [-0.05, 0) is 31.7 Å². The Morgan fingerprint density at radius 2 is 1.71 bits per heavy atom. The second-order valence-corrected chi connectivity index (χ2v) is 7.13. The number of hydrogen-bond acceptors (Lipinski definition) is 3. The summed E-state index contributed by atoms with van der Waals surface area (Å²) in [6, 6.07) is 0. The van der Waals surface area contributed by atoms with E-state index in [2.05, 4.69) is 19.2 Å². The molecule has 0 radical (unpaired) electrons. The van der Waals surface area contributed by atoms with Crippen LogP contribution in [0.5, 0.6) is 0 Å². The molecule has 2 aliphatic heterocycles. The minimum Gasteiger partial charge on any atom is -0.339 e. The van der Waals surface area contributed by atoms with Crippen molar-refractivity contribution in [3.63, 3.8) is 0 Å². The van der Waals surface area contributed by atoms with E-state index in [9.17, 15) is 9.59 Å². The van der Waals surface area contributed by atoms with Crippen LogP contribution in [-0.2, 0) is 9.59 Å². The van der Waals surface area contributed by atoms with Crippen LogP contribution < -0.4 is 5.32 Å². The first-order valence-electron chi connectivity index (χ1n) is 8.33. The average molecular weight is 293 g/mol. The minimum atomic E-state index is -0.233. The highest BCUT2D eigenvalue weighted by molar-refractivity contribution is 5.85. The lowest BCUT2D eigenvalue weighted by Gasteiger charge is -2.41. The van der Waals surface area contributed by atoms with E-state index < -0.39 is 0 Å². The number of carbonyl (C=O) groups is 2. The van der Waals surface area contributed by atoms with Gasteiger partial charge in [0.15, 0.2) is 0 Å². The number of hydrogen-bond donors (Lipinski definition) is 1. The van der Waals surface area contributed by atoms with E-state index in [0.29, 0.717) is 43.9 Å². The molecule has 2 amide bonds. The maximum absolute atomic E-state index is 13.0. The van der Waals surface area contributed by atoms with E-state index in [1.54, 1.807) is 0 Å². The highest BCUT2D eigenvalue weighted by Gasteiger charge is 2.46. The number of carbonyl (C=O) groups excluding carboxylic acids is 2. The van der Waals surface area contributed by atoms with Gasteiger partial charge < -0.3 is 15.1 Å². The molecular weight excluding hydrogens is 266 g/mol. The minimum absolute atomic E-state index is 0.233. The Morgan fingerprint density at radius 3 is 2.19 bits per heavy atom. The van der Waals surface area contributed by atoms with Gasteiger partial charge in [0, 0.05) is 38.6 Å². The van der Waals surface area contributed by atoms with E-state index >= 15 is 0 Å². The maximum atomic E-state index is 13.0. The van der Waals surface area contributed by atoms with Crippen LogP contribution in [0.3, 0.4) is 0 Å². The smallest absolute Gasteiger partial charge is 0.230 e. The number of piperazine rings is 1. The second-order valence-electron chi connectivity index (χ2n) is 7.13. The summed E-state index contributed by atoms with van der Waals surface area (Å²) < 4.78 is 0. The third-order valence-corrected chi connectivity index (χ3v) is 5.52. The molecule has 1 aliphatic carbocycles. The molecule has 0 bridgehead atoms. The molecule has 5 nitrogen and oxygen atoms in total. The van der Waals surface area contributed by atoms with Crippen molar-refractivity contribution in [2.75, 3.05) is 39.3 Å². The molecule has 5 heteroatoms. The fourth-order valence-corrected chi connectivity index (χ4v) is 3.67. The normalized spacial score (nSPS) is 30.0. The van der Waals surface area contributed by atoms with Gasteiger partial charge in [0.05, 0.1) is 5.41 Å². The van der Waals surface area contributed by atoms with Crippen LogP contribution in [0.15, 0.2) is 0 Å². The van der Waals surface area contributed by atoms with Crippen LogP contribution in [0.1, 0.15) is 33.1 Å². The number of nitrogens with zero attached hydrogens (tertiary/aromatic N) is 2. The Labute approximate surface area is 127 Å². The van der Waals surface area contributed by atoms with E-state index in [-0.39, 0.29) is 11.3 Å². The number of rotatable bonds is 3. The molecule has 2 saturated heterocycles. The van der Waals surface area contributed by atoms with Crippen molar-refractivity contribution < 1.29 is 9.59 Å². The predicted molar refractivity (Wildman–Crippen MR) is 80.6 cm³/mol. The lowest BCUT2D eigenvalue weighted by atomic mass is 9.75. The Kier molecular flexibility index (Phi) is 3.95. The Hall–Kier alpha value is -1.10. The van der Waals surface area contributed by atoms with Crippen molar-refractivity contribution in [1.29, 1.82) is 0 Å². The standard InChI is InChI=1S/C16H27N3O2/c1-12(2)16(5-6-17-11-16)15(21)19-9-7-18(8-10-19)14(20)13-3-4-13/h12-13,17H,3-11H2,1-2H3. The van der Waals surface area contributed by atoms with Gasteiger partial charge in [0.1, 0.15) is 0 Å². The molecule has 0 aromatic rings. The topological polar surface area (TPSA) is 52.7 Å². The first-order valence-corrected chi connectivity index (χ1v) is 8.33. The first kappa shape index (κ1) is 14.8. The zero-order valence-corrected chi connectivity index (χ0v) is 13.2. The van der Waals surface area contributed by atoms with E-state index in [0.717, 1.165) is 32.4 Å². The second kappa shape index (κ2) is 5.59. The van der Waals surface area contributed by atoms with Crippen molar-refractivity contribution in [3.05, 3.63) is 0 Å².